The average molecular weight is 151 g/mol. The highest BCUT2D eigenvalue weighted by atomic mass is 35.5. The van der Waals surface area contributed by atoms with Crippen LogP contribution >= 0.6 is 23.4 Å². The van der Waals surface area contributed by atoms with Gasteiger partial charge in [-0.05, 0) is 13.2 Å². The molecule has 0 N–H and O–H groups in total. The van der Waals surface area contributed by atoms with Crippen LogP contribution in [0.3, 0.4) is 0 Å². The van der Waals surface area contributed by atoms with Crippen molar-refractivity contribution in [1.82, 2.24) is 0 Å². The number of hydrogen-bond acceptors (Lipinski definition) is 1. The third-order valence-electron chi connectivity index (χ3n) is 0.727. The summed E-state index contributed by atoms with van der Waals surface area (Å²) in [4.78, 5) is 0. The fourth-order valence-electron chi connectivity index (χ4n) is 0.424. The monoisotopic (exact) mass is 150 g/mol. The van der Waals surface area contributed by atoms with Crippen LogP contribution in [-0.2, 0) is 0 Å². The van der Waals surface area contributed by atoms with Gasteiger partial charge in [0, 0.05) is 5.75 Å². The fourth-order valence-corrected chi connectivity index (χ4v) is 1.38. The third kappa shape index (κ3) is 4.54. The van der Waals surface area contributed by atoms with E-state index in [2.05, 4.69) is 6.26 Å². The fraction of sp³-hybridized carbons (Fsp3) is 0.667. The number of allylic oxidation sites excluding steroid dienone is 2. The van der Waals surface area contributed by atoms with Crippen molar-refractivity contribution in [3.05, 3.63) is 12.2 Å². The minimum Gasteiger partial charge on any atom is -0.164 e. The van der Waals surface area contributed by atoms with Crippen LogP contribution in [0.15, 0.2) is 12.2 Å². The molecule has 8 heavy (non-hydrogen) atoms. The van der Waals surface area contributed by atoms with E-state index in [1.165, 1.54) is 0 Å². The minimum atomic E-state index is 0.218. The number of thioether (sulfide) groups is 1. The molecule has 0 aliphatic carbocycles. The van der Waals surface area contributed by atoms with Gasteiger partial charge in [0.15, 0.2) is 0 Å². The van der Waals surface area contributed by atoms with Gasteiger partial charge in [-0.15, -0.1) is 11.6 Å². The second kappa shape index (κ2) is 5.52. The number of alkyl halides is 1. The van der Waals surface area contributed by atoms with Crippen molar-refractivity contribution in [1.29, 1.82) is 0 Å². The molecule has 0 radical (unpaired) electrons. The molecule has 0 amide bonds. The Kier molecular flexibility index (Phi) is 5.78. The van der Waals surface area contributed by atoms with Gasteiger partial charge >= 0.3 is 0 Å². The van der Waals surface area contributed by atoms with Crippen molar-refractivity contribution in [2.75, 3.05) is 12.0 Å². The summed E-state index contributed by atoms with van der Waals surface area (Å²) >= 11 is 7.54. The quantitative estimate of drug-likeness (QED) is 0.440. The predicted molar refractivity (Wildman–Crippen MR) is 42.8 cm³/mol. The molecule has 0 aromatic rings. The molecule has 1 atom stereocenters. The first-order valence-electron chi connectivity index (χ1n) is 2.57. The molecular weight excluding hydrogens is 140 g/mol. The van der Waals surface area contributed by atoms with E-state index >= 15 is 0 Å². The van der Waals surface area contributed by atoms with Gasteiger partial charge in [0.2, 0.25) is 0 Å². The summed E-state index contributed by atoms with van der Waals surface area (Å²) < 4.78 is 0. The summed E-state index contributed by atoms with van der Waals surface area (Å²) in [5, 5.41) is 0.218. The first-order valence-corrected chi connectivity index (χ1v) is 4.40. The second-order valence-electron chi connectivity index (χ2n) is 1.50. The molecule has 0 bridgehead atoms. The maximum Gasteiger partial charge on any atom is 0.0606 e. The Bertz CT molecular complexity index is 70.9. The zero-order chi connectivity index (χ0) is 6.41. The van der Waals surface area contributed by atoms with Crippen LogP contribution in [0.4, 0.5) is 0 Å². The van der Waals surface area contributed by atoms with E-state index in [9.17, 15) is 0 Å². The Labute approximate surface area is 60.3 Å². The van der Waals surface area contributed by atoms with Crippen LogP contribution in [0.25, 0.3) is 0 Å². The molecule has 1 unspecified atom stereocenters. The SMILES string of the molecule is C/C=C/C(Cl)CSC. The molecule has 2 heteroatoms. The van der Waals surface area contributed by atoms with Gasteiger partial charge in [-0.1, -0.05) is 12.2 Å². The summed E-state index contributed by atoms with van der Waals surface area (Å²) in [7, 11) is 0. The van der Waals surface area contributed by atoms with Gasteiger partial charge in [0.05, 0.1) is 5.38 Å². The Balaban J connectivity index is 3.17. The van der Waals surface area contributed by atoms with Gasteiger partial charge in [0.25, 0.3) is 0 Å². The third-order valence-corrected chi connectivity index (χ3v) is 1.90. The molecule has 0 saturated heterocycles. The van der Waals surface area contributed by atoms with E-state index in [-0.39, 0.29) is 5.38 Å². The van der Waals surface area contributed by atoms with E-state index in [4.69, 9.17) is 11.6 Å². The zero-order valence-electron chi connectivity index (χ0n) is 5.23. The van der Waals surface area contributed by atoms with Crippen molar-refractivity contribution in [3.8, 4) is 0 Å². The molecule has 0 rings (SSSR count). The van der Waals surface area contributed by atoms with Crippen molar-refractivity contribution >= 4 is 23.4 Å². The molecular formula is C6H11ClS. The lowest BCUT2D eigenvalue weighted by molar-refractivity contribution is 1.25. The molecule has 0 saturated carbocycles. The van der Waals surface area contributed by atoms with Crippen LogP contribution in [0.2, 0.25) is 0 Å². The van der Waals surface area contributed by atoms with Crippen molar-refractivity contribution in [3.63, 3.8) is 0 Å². The van der Waals surface area contributed by atoms with Crippen LogP contribution in [0.1, 0.15) is 6.92 Å². The highest BCUT2D eigenvalue weighted by Crippen LogP contribution is 2.04. The topological polar surface area (TPSA) is 0 Å². The Morgan fingerprint density at radius 1 is 1.75 bits per heavy atom. The molecule has 0 aromatic carbocycles. The summed E-state index contributed by atoms with van der Waals surface area (Å²) in [6.45, 7) is 1.98. The molecule has 0 spiro atoms. The summed E-state index contributed by atoms with van der Waals surface area (Å²) in [6.07, 6.45) is 6.03. The van der Waals surface area contributed by atoms with Gasteiger partial charge < -0.3 is 0 Å². The first-order chi connectivity index (χ1) is 3.81. The molecule has 0 aliphatic heterocycles. The number of rotatable bonds is 3. The number of hydrogen-bond donors (Lipinski definition) is 0. The maximum absolute atomic E-state index is 5.77. The van der Waals surface area contributed by atoms with Crippen LogP contribution < -0.4 is 0 Å². The molecule has 0 nitrogen and oxygen atoms in total. The minimum absolute atomic E-state index is 0.218. The Morgan fingerprint density at radius 2 is 2.38 bits per heavy atom. The smallest absolute Gasteiger partial charge is 0.0606 e. The van der Waals surface area contributed by atoms with E-state index < -0.39 is 0 Å². The lowest BCUT2D eigenvalue weighted by Gasteiger charge is -1.97. The highest BCUT2D eigenvalue weighted by Gasteiger charge is 1.93. The van der Waals surface area contributed by atoms with Gasteiger partial charge in [-0.25, -0.2) is 0 Å². The maximum atomic E-state index is 5.77. The summed E-state index contributed by atoms with van der Waals surface area (Å²) in [5.74, 6) is 1.01. The average Bonchev–Trinajstić information content (AvgIpc) is 1.68. The van der Waals surface area contributed by atoms with Gasteiger partial charge in [-0.3, -0.25) is 0 Å². The highest BCUT2D eigenvalue weighted by molar-refractivity contribution is 7.98. The number of halogens is 1. The summed E-state index contributed by atoms with van der Waals surface area (Å²) in [6, 6.07) is 0. The van der Waals surface area contributed by atoms with Crippen LogP contribution in [0, 0.1) is 0 Å². The van der Waals surface area contributed by atoms with E-state index in [0.717, 1.165) is 5.75 Å². The van der Waals surface area contributed by atoms with E-state index in [0.29, 0.717) is 0 Å². The molecule has 0 heterocycles. The standard InChI is InChI=1S/C6H11ClS/c1-3-4-6(7)5-8-2/h3-4,6H,5H2,1-2H3/b4-3+. The van der Waals surface area contributed by atoms with E-state index in [1.807, 2.05) is 19.1 Å². The molecule has 48 valence electrons. The Morgan fingerprint density at radius 3 is 2.75 bits per heavy atom. The lowest BCUT2D eigenvalue weighted by Crippen LogP contribution is -1.94. The zero-order valence-corrected chi connectivity index (χ0v) is 6.80. The first kappa shape index (κ1) is 8.38. The van der Waals surface area contributed by atoms with Crippen LogP contribution in [0.5, 0.6) is 0 Å². The largest absolute Gasteiger partial charge is 0.164 e. The second-order valence-corrected chi connectivity index (χ2v) is 2.97. The molecule has 0 aliphatic rings. The van der Waals surface area contributed by atoms with Crippen molar-refractivity contribution < 1.29 is 0 Å². The molecule has 0 fully saturated rings. The van der Waals surface area contributed by atoms with E-state index in [1.54, 1.807) is 11.8 Å². The molecule has 0 aromatic heterocycles. The Hall–Kier alpha value is 0.380. The van der Waals surface area contributed by atoms with Crippen LogP contribution in [-0.4, -0.2) is 17.4 Å². The summed E-state index contributed by atoms with van der Waals surface area (Å²) in [5.41, 5.74) is 0. The normalized spacial score (nSPS) is 14.9. The van der Waals surface area contributed by atoms with Crippen molar-refractivity contribution in [2.24, 2.45) is 0 Å². The van der Waals surface area contributed by atoms with Gasteiger partial charge in [-0.2, -0.15) is 11.8 Å². The lowest BCUT2D eigenvalue weighted by atomic mass is 10.4. The predicted octanol–water partition coefficient (Wildman–Crippen LogP) is 2.53. The van der Waals surface area contributed by atoms with Gasteiger partial charge in [0.1, 0.15) is 0 Å². The van der Waals surface area contributed by atoms with Crippen molar-refractivity contribution in [2.45, 2.75) is 12.3 Å².